The highest BCUT2D eigenvalue weighted by Gasteiger charge is 2.40. The van der Waals surface area contributed by atoms with E-state index >= 15 is 0 Å². The van der Waals surface area contributed by atoms with E-state index in [-0.39, 0.29) is 6.61 Å². The van der Waals surface area contributed by atoms with Gasteiger partial charge in [0.05, 0.1) is 12.0 Å². The number of allylic oxidation sites excluding steroid dienone is 1. The van der Waals surface area contributed by atoms with Crippen LogP contribution in [0.3, 0.4) is 0 Å². The van der Waals surface area contributed by atoms with Crippen molar-refractivity contribution in [1.82, 2.24) is 4.90 Å². The van der Waals surface area contributed by atoms with E-state index in [0.29, 0.717) is 25.9 Å². The Balaban J connectivity index is 2.70. The summed E-state index contributed by atoms with van der Waals surface area (Å²) in [6, 6.07) is 0. The average Bonchev–Trinajstić information content (AvgIpc) is 2.19. The van der Waals surface area contributed by atoms with E-state index in [1.165, 1.54) is 0 Å². The summed E-state index contributed by atoms with van der Waals surface area (Å²) >= 11 is 0. The molecule has 1 heterocycles. The predicted molar refractivity (Wildman–Crippen MR) is 57.6 cm³/mol. The molecule has 4 nitrogen and oxygen atoms in total. The number of nitrogens with zero attached hydrogens (tertiary/aromatic N) is 1. The highest BCUT2D eigenvalue weighted by molar-refractivity contribution is 5.75. The Morgan fingerprint density at radius 2 is 2.33 bits per heavy atom. The van der Waals surface area contributed by atoms with Crippen molar-refractivity contribution in [1.29, 1.82) is 0 Å². The molecule has 15 heavy (non-hydrogen) atoms. The summed E-state index contributed by atoms with van der Waals surface area (Å²) in [5.41, 5.74) is -0.685. The third-order valence-corrected chi connectivity index (χ3v) is 3.06. The largest absolute Gasteiger partial charge is 0.481 e. The Labute approximate surface area is 90.2 Å². The molecule has 0 aromatic carbocycles. The number of carboxylic acid groups (broad SMARTS) is 1. The topological polar surface area (TPSA) is 60.8 Å². The number of aliphatic hydroxyl groups excluding tert-OH is 1. The molecule has 0 aliphatic carbocycles. The van der Waals surface area contributed by atoms with Crippen LogP contribution in [0.25, 0.3) is 0 Å². The number of aliphatic hydroxyl groups is 1. The number of carbonyl (C=O) groups is 1. The molecule has 1 saturated heterocycles. The predicted octanol–water partition coefficient (Wildman–Crippen LogP) is 0.722. The SMILES string of the molecule is C=CC[C@]1(C(=O)O)CCCN(CCO)C1. The first-order valence-corrected chi connectivity index (χ1v) is 5.32. The summed E-state index contributed by atoms with van der Waals surface area (Å²) in [6.45, 7) is 5.68. The first kappa shape index (κ1) is 12.2. The quantitative estimate of drug-likeness (QED) is 0.661. The summed E-state index contributed by atoms with van der Waals surface area (Å²) in [4.78, 5) is 13.3. The number of likely N-dealkylation sites (tertiary alicyclic amines) is 1. The molecule has 86 valence electrons. The highest BCUT2D eigenvalue weighted by Crippen LogP contribution is 2.34. The molecule has 0 unspecified atom stereocenters. The van der Waals surface area contributed by atoms with E-state index in [2.05, 4.69) is 6.58 Å². The lowest BCUT2D eigenvalue weighted by Crippen LogP contribution is -2.48. The maximum absolute atomic E-state index is 11.3. The normalized spacial score (nSPS) is 27.5. The van der Waals surface area contributed by atoms with Gasteiger partial charge >= 0.3 is 5.97 Å². The van der Waals surface area contributed by atoms with Gasteiger partial charge in [-0.1, -0.05) is 6.08 Å². The minimum absolute atomic E-state index is 0.0871. The van der Waals surface area contributed by atoms with Crippen molar-refractivity contribution in [2.45, 2.75) is 19.3 Å². The van der Waals surface area contributed by atoms with Crippen LogP contribution in [0.4, 0.5) is 0 Å². The van der Waals surface area contributed by atoms with Crippen LogP contribution in [0.5, 0.6) is 0 Å². The minimum Gasteiger partial charge on any atom is -0.481 e. The number of hydrogen-bond acceptors (Lipinski definition) is 3. The van der Waals surface area contributed by atoms with Gasteiger partial charge in [0, 0.05) is 13.1 Å². The van der Waals surface area contributed by atoms with Crippen molar-refractivity contribution >= 4 is 5.97 Å². The molecular weight excluding hydrogens is 194 g/mol. The second kappa shape index (κ2) is 5.28. The lowest BCUT2D eigenvalue weighted by molar-refractivity contribution is -0.152. The van der Waals surface area contributed by atoms with E-state index < -0.39 is 11.4 Å². The fraction of sp³-hybridized carbons (Fsp3) is 0.727. The molecule has 1 aliphatic rings. The lowest BCUT2D eigenvalue weighted by atomic mass is 9.77. The van der Waals surface area contributed by atoms with Crippen LogP contribution in [0, 0.1) is 5.41 Å². The van der Waals surface area contributed by atoms with Gasteiger partial charge in [-0.3, -0.25) is 9.69 Å². The summed E-state index contributed by atoms with van der Waals surface area (Å²) in [5, 5.41) is 18.1. The molecule has 0 aromatic heterocycles. The van der Waals surface area contributed by atoms with Crippen molar-refractivity contribution in [2.75, 3.05) is 26.2 Å². The van der Waals surface area contributed by atoms with Crippen molar-refractivity contribution < 1.29 is 15.0 Å². The van der Waals surface area contributed by atoms with E-state index in [1.807, 2.05) is 4.90 Å². The number of aliphatic carboxylic acids is 1. The average molecular weight is 213 g/mol. The monoisotopic (exact) mass is 213 g/mol. The molecule has 0 amide bonds. The smallest absolute Gasteiger partial charge is 0.311 e. The number of carboxylic acids is 1. The molecular formula is C11H19NO3. The van der Waals surface area contributed by atoms with Gasteiger partial charge in [-0.2, -0.15) is 0 Å². The van der Waals surface area contributed by atoms with Gasteiger partial charge in [0.1, 0.15) is 0 Å². The van der Waals surface area contributed by atoms with Gasteiger partial charge in [0.2, 0.25) is 0 Å². The maximum atomic E-state index is 11.3. The molecule has 1 aliphatic heterocycles. The third-order valence-electron chi connectivity index (χ3n) is 3.06. The van der Waals surface area contributed by atoms with Crippen molar-refractivity contribution in [3.05, 3.63) is 12.7 Å². The molecule has 0 spiro atoms. The van der Waals surface area contributed by atoms with E-state index in [1.54, 1.807) is 6.08 Å². The molecule has 0 saturated carbocycles. The highest BCUT2D eigenvalue weighted by atomic mass is 16.4. The zero-order valence-electron chi connectivity index (χ0n) is 8.98. The Morgan fingerprint density at radius 1 is 1.60 bits per heavy atom. The van der Waals surface area contributed by atoms with Gasteiger partial charge in [0.15, 0.2) is 0 Å². The molecule has 1 fully saturated rings. The second-order valence-corrected chi connectivity index (χ2v) is 4.18. The van der Waals surface area contributed by atoms with E-state index in [0.717, 1.165) is 13.0 Å². The number of rotatable bonds is 5. The molecule has 4 heteroatoms. The van der Waals surface area contributed by atoms with Crippen LogP contribution < -0.4 is 0 Å². The minimum atomic E-state index is -0.745. The van der Waals surface area contributed by atoms with E-state index in [9.17, 15) is 9.90 Å². The molecule has 0 bridgehead atoms. The zero-order chi connectivity index (χ0) is 11.3. The first-order valence-electron chi connectivity index (χ1n) is 5.32. The van der Waals surface area contributed by atoms with Gasteiger partial charge in [0.25, 0.3) is 0 Å². The van der Waals surface area contributed by atoms with E-state index in [4.69, 9.17) is 5.11 Å². The zero-order valence-corrected chi connectivity index (χ0v) is 8.98. The van der Waals surface area contributed by atoms with Gasteiger partial charge in [-0.15, -0.1) is 6.58 Å². The van der Waals surface area contributed by atoms with Crippen LogP contribution >= 0.6 is 0 Å². The van der Waals surface area contributed by atoms with Gasteiger partial charge in [-0.05, 0) is 25.8 Å². The van der Waals surface area contributed by atoms with Gasteiger partial charge in [-0.25, -0.2) is 0 Å². The fourth-order valence-electron chi connectivity index (χ4n) is 2.26. The van der Waals surface area contributed by atoms with Crippen LogP contribution in [-0.2, 0) is 4.79 Å². The Hall–Kier alpha value is -0.870. The van der Waals surface area contributed by atoms with Crippen molar-refractivity contribution in [2.24, 2.45) is 5.41 Å². The van der Waals surface area contributed by atoms with Crippen LogP contribution in [0.2, 0.25) is 0 Å². The van der Waals surface area contributed by atoms with Crippen molar-refractivity contribution in [3.63, 3.8) is 0 Å². The molecule has 0 aromatic rings. The fourth-order valence-corrected chi connectivity index (χ4v) is 2.26. The molecule has 1 atom stereocenters. The first-order chi connectivity index (χ1) is 7.14. The number of hydrogen-bond donors (Lipinski definition) is 2. The standard InChI is InChI=1S/C11H19NO3/c1-2-4-11(10(14)15)5-3-6-12(9-11)7-8-13/h2,13H,1,3-9H2,(H,14,15)/t11-/m0/s1. The van der Waals surface area contributed by atoms with Crippen LogP contribution in [-0.4, -0.2) is 47.3 Å². The summed E-state index contributed by atoms with van der Waals surface area (Å²) in [7, 11) is 0. The van der Waals surface area contributed by atoms with Gasteiger partial charge < -0.3 is 10.2 Å². The molecule has 1 rings (SSSR count). The van der Waals surface area contributed by atoms with Crippen molar-refractivity contribution in [3.8, 4) is 0 Å². The molecule has 0 radical (unpaired) electrons. The number of β-amino-alcohol motifs (C(OH)–C–C–N with tert-alkyl or cyclic N) is 1. The van der Waals surface area contributed by atoms with Crippen LogP contribution in [0.15, 0.2) is 12.7 Å². The summed E-state index contributed by atoms with van der Waals surface area (Å²) in [6.07, 6.45) is 3.76. The Kier molecular flexibility index (Phi) is 4.29. The maximum Gasteiger partial charge on any atom is 0.311 e. The number of piperidine rings is 1. The summed E-state index contributed by atoms with van der Waals surface area (Å²) in [5.74, 6) is -0.745. The lowest BCUT2D eigenvalue weighted by Gasteiger charge is -2.39. The van der Waals surface area contributed by atoms with Crippen LogP contribution in [0.1, 0.15) is 19.3 Å². The Bertz CT molecular complexity index is 240. The summed E-state index contributed by atoms with van der Waals surface area (Å²) < 4.78 is 0. The third kappa shape index (κ3) is 2.79. The second-order valence-electron chi connectivity index (χ2n) is 4.18. The Morgan fingerprint density at radius 3 is 2.87 bits per heavy atom. The molecule has 2 N–H and O–H groups in total.